The van der Waals surface area contributed by atoms with Crippen molar-refractivity contribution in [2.45, 2.75) is 83.4 Å². The highest BCUT2D eigenvalue weighted by Crippen LogP contribution is 2.41. The van der Waals surface area contributed by atoms with Crippen molar-refractivity contribution in [3.63, 3.8) is 0 Å². The number of rotatable bonds is 8. The van der Waals surface area contributed by atoms with Crippen molar-refractivity contribution in [3.05, 3.63) is 59.4 Å². The van der Waals surface area contributed by atoms with Crippen molar-refractivity contribution in [2.24, 2.45) is 5.92 Å². The lowest BCUT2D eigenvalue weighted by Crippen LogP contribution is -2.22. The summed E-state index contributed by atoms with van der Waals surface area (Å²) in [5.41, 5.74) is 3.80. The van der Waals surface area contributed by atoms with Crippen LogP contribution >= 0.6 is 0 Å². The first-order valence-electron chi connectivity index (χ1n) is 13.3. The molecule has 3 aromatic rings. The van der Waals surface area contributed by atoms with Crippen LogP contribution in [0.5, 0.6) is 5.75 Å². The molecule has 208 valence electrons. The van der Waals surface area contributed by atoms with E-state index in [4.69, 9.17) is 19.7 Å². The van der Waals surface area contributed by atoms with E-state index in [0.717, 1.165) is 53.7 Å². The topological polar surface area (TPSA) is 125 Å². The van der Waals surface area contributed by atoms with Gasteiger partial charge in [-0.3, -0.25) is 4.79 Å². The maximum atomic E-state index is 11.3. The van der Waals surface area contributed by atoms with Crippen LogP contribution in [0.3, 0.4) is 0 Å². The van der Waals surface area contributed by atoms with Gasteiger partial charge in [0.15, 0.2) is 0 Å². The van der Waals surface area contributed by atoms with E-state index in [0.29, 0.717) is 23.8 Å². The Balaban J connectivity index is 0.000000947. The zero-order valence-corrected chi connectivity index (χ0v) is 23.0. The molecule has 1 heterocycles. The quantitative estimate of drug-likeness (QED) is 0.291. The summed E-state index contributed by atoms with van der Waals surface area (Å²) in [6.07, 6.45) is 5.79. The molecular formula is C30H43N3O5. The van der Waals surface area contributed by atoms with Crippen LogP contribution in [-0.4, -0.2) is 51.2 Å². The zero-order chi connectivity index (χ0) is 28.2. The van der Waals surface area contributed by atoms with E-state index in [9.17, 15) is 10.2 Å². The molecule has 2 aromatic carbocycles. The molecule has 0 saturated heterocycles. The van der Waals surface area contributed by atoms with Crippen molar-refractivity contribution < 1.29 is 24.9 Å². The van der Waals surface area contributed by atoms with E-state index < -0.39 is 6.10 Å². The molecule has 4 rings (SSSR count). The number of aromatic nitrogens is 2. The van der Waals surface area contributed by atoms with Gasteiger partial charge in [-0.2, -0.15) is 0 Å². The van der Waals surface area contributed by atoms with Crippen LogP contribution in [0.1, 0.15) is 87.9 Å². The van der Waals surface area contributed by atoms with Gasteiger partial charge in [-0.1, -0.05) is 57.0 Å². The third kappa shape index (κ3) is 7.42. The molecule has 1 aromatic heterocycles. The maximum absolute atomic E-state index is 11.3. The molecule has 0 spiro atoms. The minimum atomic E-state index is -0.635. The lowest BCUT2D eigenvalue weighted by atomic mass is 9.86. The van der Waals surface area contributed by atoms with Crippen molar-refractivity contribution in [1.29, 1.82) is 0 Å². The highest BCUT2D eigenvalue weighted by Gasteiger charge is 2.30. The Morgan fingerprint density at radius 3 is 2.42 bits per heavy atom. The number of aryl methyl sites for hydroxylation is 1. The predicted molar refractivity (Wildman–Crippen MR) is 151 cm³/mol. The molecule has 8 heteroatoms. The number of hydrogen-bond donors (Lipinski definition) is 4. The molecule has 5 unspecified atom stereocenters. The SMILES string of the molecule is C=O.CNC(C)CCc1c(O)ccc2c1nc(C(C)C(O)c1ccccc1)n2C1CCCC(C)C1.O=CO. The number of aliphatic hydroxyl groups is 1. The number of nitrogens with zero attached hydrogens (tertiary/aromatic N) is 2. The number of imidazole rings is 1. The Morgan fingerprint density at radius 1 is 1.16 bits per heavy atom. The van der Waals surface area contributed by atoms with Gasteiger partial charge in [0.05, 0.1) is 17.1 Å². The van der Waals surface area contributed by atoms with E-state index in [1.807, 2.05) is 56.3 Å². The summed E-state index contributed by atoms with van der Waals surface area (Å²) in [6.45, 7) is 8.32. The molecule has 4 N–H and O–H groups in total. The van der Waals surface area contributed by atoms with Crippen molar-refractivity contribution in [3.8, 4) is 5.75 Å². The average molecular weight is 526 g/mol. The van der Waals surface area contributed by atoms with Crippen LogP contribution in [0, 0.1) is 5.92 Å². The summed E-state index contributed by atoms with van der Waals surface area (Å²) in [5.74, 6) is 1.75. The second kappa shape index (κ2) is 15.2. The van der Waals surface area contributed by atoms with Gasteiger partial charge in [0.1, 0.15) is 18.4 Å². The monoisotopic (exact) mass is 525 g/mol. The third-order valence-electron chi connectivity index (χ3n) is 7.59. The van der Waals surface area contributed by atoms with Crippen molar-refractivity contribution >= 4 is 24.3 Å². The number of phenolic OH excluding ortho intramolecular Hbond substituents is 1. The van der Waals surface area contributed by atoms with Crippen LogP contribution in [0.4, 0.5) is 0 Å². The summed E-state index contributed by atoms with van der Waals surface area (Å²) in [5, 5.41) is 32.2. The number of aromatic hydroxyl groups is 1. The Labute approximate surface area is 225 Å². The fourth-order valence-corrected chi connectivity index (χ4v) is 5.40. The number of hydrogen-bond acceptors (Lipinski definition) is 6. The first kappa shape index (κ1) is 31.0. The molecular weight excluding hydrogens is 482 g/mol. The normalized spacial score (nSPS) is 19.3. The summed E-state index contributed by atoms with van der Waals surface area (Å²) in [4.78, 5) is 21.5. The van der Waals surface area contributed by atoms with Gasteiger partial charge in [-0.25, -0.2) is 4.98 Å². The van der Waals surface area contributed by atoms with Crippen molar-refractivity contribution in [2.75, 3.05) is 7.05 Å². The van der Waals surface area contributed by atoms with Gasteiger partial charge in [0.2, 0.25) is 0 Å². The fraction of sp³-hybridized carbons (Fsp3) is 0.500. The lowest BCUT2D eigenvalue weighted by molar-refractivity contribution is -0.122. The lowest BCUT2D eigenvalue weighted by Gasteiger charge is -2.31. The van der Waals surface area contributed by atoms with Gasteiger partial charge in [-0.05, 0) is 63.3 Å². The summed E-state index contributed by atoms with van der Waals surface area (Å²) in [6, 6.07) is 14.4. The summed E-state index contributed by atoms with van der Waals surface area (Å²) < 4.78 is 2.40. The number of nitrogens with one attached hydrogen (secondary N) is 1. The van der Waals surface area contributed by atoms with E-state index >= 15 is 0 Å². The number of carbonyl (C=O) groups is 2. The number of carbonyl (C=O) groups excluding carboxylic acids is 1. The molecule has 1 aliphatic carbocycles. The number of carboxylic acid groups (broad SMARTS) is 1. The number of phenols is 1. The average Bonchev–Trinajstić information content (AvgIpc) is 3.33. The van der Waals surface area contributed by atoms with Crippen LogP contribution in [0.25, 0.3) is 11.0 Å². The molecule has 5 atom stereocenters. The second-order valence-corrected chi connectivity index (χ2v) is 10.2. The number of aliphatic hydroxyl groups excluding tert-OH is 1. The Kier molecular flexibility index (Phi) is 12.4. The zero-order valence-electron chi connectivity index (χ0n) is 23.0. The van der Waals surface area contributed by atoms with Gasteiger partial charge in [0.25, 0.3) is 6.47 Å². The first-order valence-corrected chi connectivity index (χ1v) is 13.3. The highest BCUT2D eigenvalue weighted by atomic mass is 16.3. The molecule has 1 fully saturated rings. The summed E-state index contributed by atoms with van der Waals surface area (Å²) >= 11 is 0. The molecule has 1 saturated carbocycles. The van der Waals surface area contributed by atoms with E-state index in [-0.39, 0.29) is 12.4 Å². The highest BCUT2D eigenvalue weighted by molar-refractivity contribution is 5.82. The van der Waals surface area contributed by atoms with E-state index in [1.54, 1.807) is 0 Å². The Bertz CT molecular complexity index is 1130. The van der Waals surface area contributed by atoms with Crippen LogP contribution < -0.4 is 5.32 Å². The largest absolute Gasteiger partial charge is 0.508 e. The van der Waals surface area contributed by atoms with E-state index in [1.165, 1.54) is 12.8 Å². The number of fused-ring (bicyclic) bond motifs is 1. The minimum Gasteiger partial charge on any atom is -0.508 e. The van der Waals surface area contributed by atoms with Gasteiger partial charge in [0, 0.05) is 23.6 Å². The summed E-state index contributed by atoms with van der Waals surface area (Å²) in [7, 11) is 1.97. The molecule has 0 radical (unpaired) electrons. The Morgan fingerprint density at radius 2 is 1.82 bits per heavy atom. The Hall–Kier alpha value is -3.23. The van der Waals surface area contributed by atoms with Crippen LogP contribution in [0.2, 0.25) is 0 Å². The van der Waals surface area contributed by atoms with Crippen molar-refractivity contribution in [1.82, 2.24) is 14.9 Å². The van der Waals surface area contributed by atoms with Crippen LogP contribution in [0.15, 0.2) is 42.5 Å². The van der Waals surface area contributed by atoms with Gasteiger partial charge in [-0.15, -0.1) is 0 Å². The molecule has 0 bridgehead atoms. The maximum Gasteiger partial charge on any atom is 0.290 e. The third-order valence-corrected chi connectivity index (χ3v) is 7.59. The predicted octanol–water partition coefficient (Wildman–Crippen LogP) is 5.39. The molecule has 38 heavy (non-hydrogen) atoms. The van der Waals surface area contributed by atoms with Gasteiger partial charge < -0.3 is 30.0 Å². The minimum absolute atomic E-state index is 0.164. The molecule has 8 nitrogen and oxygen atoms in total. The van der Waals surface area contributed by atoms with Crippen LogP contribution in [-0.2, 0) is 16.0 Å². The standard InChI is InChI=1S/C28H39N3O2.CH2O2.CH2O/c1-18-9-8-12-22(17-18)31-24-15-16-25(32)23(14-13-19(2)29-4)26(24)30-28(31)20(3)27(33)21-10-6-5-7-11-21;2-1-3;1-2/h5-7,10-11,15-16,18-20,22,27,29,32-33H,8-9,12-14,17H2,1-4H3;1H,(H,2,3);1H2. The smallest absolute Gasteiger partial charge is 0.290 e. The van der Waals surface area contributed by atoms with E-state index in [2.05, 4.69) is 30.7 Å². The van der Waals surface area contributed by atoms with Gasteiger partial charge >= 0.3 is 0 Å². The second-order valence-electron chi connectivity index (χ2n) is 10.2. The number of benzene rings is 2. The molecule has 0 aliphatic heterocycles. The first-order chi connectivity index (χ1) is 18.3. The fourth-order valence-electron chi connectivity index (χ4n) is 5.40. The molecule has 1 aliphatic rings. The molecule has 0 amide bonds.